The smallest absolute Gasteiger partial charge is 0.229 e. The molecule has 1 aromatic heterocycles. The van der Waals surface area contributed by atoms with Crippen LogP contribution in [0.25, 0.3) is 0 Å². The molecule has 192 valence electrons. The van der Waals surface area contributed by atoms with E-state index in [4.69, 9.17) is 0 Å². The number of amides is 2. The minimum Gasteiger partial charge on any atom is -0.506 e. The molecule has 36 heavy (non-hydrogen) atoms. The number of aromatic nitrogens is 1. The van der Waals surface area contributed by atoms with E-state index in [1.807, 2.05) is 23.1 Å². The maximum absolute atomic E-state index is 13.4. The van der Waals surface area contributed by atoms with E-state index in [1.165, 1.54) is 0 Å². The first kappa shape index (κ1) is 24.8. The number of nitrogens with one attached hydrogen (secondary N) is 1. The molecule has 1 spiro atoms. The third-order valence-corrected chi connectivity index (χ3v) is 8.60. The van der Waals surface area contributed by atoms with E-state index in [-0.39, 0.29) is 34.9 Å². The average Bonchev–Trinajstić information content (AvgIpc) is 3.55. The first-order chi connectivity index (χ1) is 17.5. The molecule has 1 aliphatic carbocycles. The normalized spacial score (nSPS) is 21.2. The second-order valence-corrected chi connectivity index (χ2v) is 10.8. The van der Waals surface area contributed by atoms with E-state index in [2.05, 4.69) is 27.3 Å². The van der Waals surface area contributed by atoms with Gasteiger partial charge in [-0.25, -0.2) is 0 Å². The van der Waals surface area contributed by atoms with Crippen molar-refractivity contribution in [3.05, 3.63) is 59.9 Å². The molecule has 2 amide bonds. The lowest BCUT2D eigenvalue weighted by Gasteiger charge is -2.38. The molecule has 0 radical (unpaired) electrons. The molecule has 2 aliphatic heterocycles. The summed E-state index contributed by atoms with van der Waals surface area (Å²) in [6.45, 7) is 3.79. The molecule has 3 fully saturated rings. The van der Waals surface area contributed by atoms with Crippen LogP contribution in [0.15, 0.2) is 48.7 Å². The Labute approximate surface area is 213 Å². The summed E-state index contributed by atoms with van der Waals surface area (Å²) in [7, 11) is 0. The summed E-state index contributed by atoms with van der Waals surface area (Å²) in [5.74, 6) is 0.720. The highest BCUT2D eigenvalue weighted by Crippen LogP contribution is 2.42. The number of aromatic hydroxyl groups is 1. The molecule has 1 saturated carbocycles. The van der Waals surface area contributed by atoms with Gasteiger partial charge < -0.3 is 20.2 Å². The van der Waals surface area contributed by atoms with Crippen molar-refractivity contribution < 1.29 is 14.7 Å². The molecule has 1 aromatic carbocycles. The zero-order valence-electron chi connectivity index (χ0n) is 21.1. The molecule has 0 bridgehead atoms. The Balaban J connectivity index is 1.15. The highest BCUT2D eigenvalue weighted by molar-refractivity contribution is 5.85. The molecule has 2 N–H and O–H groups in total. The van der Waals surface area contributed by atoms with Crippen molar-refractivity contribution in [2.75, 3.05) is 26.2 Å². The van der Waals surface area contributed by atoms with Crippen LogP contribution in [0.4, 0.5) is 0 Å². The average molecular weight is 491 g/mol. The van der Waals surface area contributed by atoms with Crippen molar-refractivity contribution in [2.45, 2.75) is 64.0 Å². The molecule has 7 heteroatoms. The van der Waals surface area contributed by atoms with Crippen molar-refractivity contribution in [2.24, 2.45) is 11.3 Å². The van der Waals surface area contributed by atoms with Gasteiger partial charge in [0.2, 0.25) is 11.8 Å². The molecule has 1 atom stereocenters. The highest BCUT2D eigenvalue weighted by atomic mass is 16.3. The Bertz CT molecular complexity index is 1050. The van der Waals surface area contributed by atoms with E-state index in [1.54, 1.807) is 18.3 Å². The standard InChI is InChI=1S/C29H38N4O3/c34-26-11-6-16-30-25(26)21-33-20-15-29(28(33)36)13-18-32(19-14-29)17-12-24(22-7-2-1-3-8-22)31-27(35)23-9-4-5-10-23/h1-3,6-8,11,16,23-24,34H,4-5,9-10,12-15,17-21H2,(H,31,35)/t24-/m0/s1. The number of pyridine rings is 1. The van der Waals surface area contributed by atoms with Crippen molar-refractivity contribution >= 4 is 11.8 Å². The van der Waals surface area contributed by atoms with Gasteiger partial charge in [0.25, 0.3) is 0 Å². The maximum Gasteiger partial charge on any atom is 0.229 e. The molecule has 3 heterocycles. The van der Waals surface area contributed by atoms with Crippen LogP contribution in [-0.2, 0) is 16.1 Å². The topological polar surface area (TPSA) is 85.8 Å². The summed E-state index contributed by atoms with van der Waals surface area (Å²) in [6.07, 6.45) is 9.45. The fraction of sp³-hybridized carbons (Fsp3) is 0.552. The van der Waals surface area contributed by atoms with E-state index < -0.39 is 0 Å². The van der Waals surface area contributed by atoms with Gasteiger partial charge in [0.05, 0.1) is 18.0 Å². The van der Waals surface area contributed by atoms with Crippen molar-refractivity contribution in [1.82, 2.24) is 20.1 Å². The van der Waals surface area contributed by atoms with Gasteiger partial charge in [-0.1, -0.05) is 43.2 Å². The zero-order valence-corrected chi connectivity index (χ0v) is 21.1. The fourth-order valence-corrected chi connectivity index (χ4v) is 6.24. The Morgan fingerprint density at radius 1 is 1.06 bits per heavy atom. The third kappa shape index (κ3) is 5.41. The van der Waals surface area contributed by atoms with Gasteiger partial charge in [0.1, 0.15) is 11.4 Å². The molecular weight excluding hydrogens is 452 g/mol. The minimum absolute atomic E-state index is 0.0184. The Morgan fingerprint density at radius 3 is 2.50 bits per heavy atom. The zero-order chi connectivity index (χ0) is 25.0. The number of rotatable bonds is 8. The lowest BCUT2D eigenvalue weighted by Crippen LogP contribution is -2.45. The summed E-state index contributed by atoms with van der Waals surface area (Å²) in [5.41, 5.74) is 1.44. The number of benzene rings is 1. The molecule has 0 unspecified atom stereocenters. The predicted molar refractivity (Wildman–Crippen MR) is 138 cm³/mol. The van der Waals surface area contributed by atoms with Crippen LogP contribution in [0.1, 0.15) is 68.7 Å². The van der Waals surface area contributed by atoms with Crippen LogP contribution in [0.5, 0.6) is 5.75 Å². The van der Waals surface area contributed by atoms with Crippen LogP contribution >= 0.6 is 0 Å². The lowest BCUT2D eigenvalue weighted by molar-refractivity contribution is -0.139. The third-order valence-electron chi connectivity index (χ3n) is 8.60. The Hall–Kier alpha value is -2.93. The number of nitrogens with zero attached hydrogens (tertiary/aromatic N) is 3. The molecule has 2 saturated heterocycles. The number of hydrogen-bond acceptors (Lipinski definition) is 5. The number of hydrogen-bond donors (Lipinski definition) is 2. The van der Waals surface area contributed by atoms with Gasteiger partial charge in [-0.2, -0.15) is 0 Å². The van der Waals surface area contributed by atoms with Gasteiger partial charge in [-0.05, 0) is 69.3 Å². The molecule has 7 nitrogen and oxygen atoms in total. The largest absolute Gasteiger partial charge is 0.506 e. The molecule has 5 rings (SSSR count). The summed E-state index contributed by atoms with van der Waals surface area (Å²) in [4.78, 5) is 34.8. The van der Waals surface area contributed by atoms with Gasteiger partial charge in [-0.3, -0.25) is 14.6 Å². The van der Waals surface area contributed by atoms with Gasteiger partial charge in [0.15, 0.2) is 0 Å². The van der Waals surface area contributed by atoms with Gasteiger partial charge in [0, 0.05) is 25.2 Å². The number of piperidine rings is 1. The maximum atomic E-state index is 13.4. The van der Waals surface area contributed by atoms with Crippen LogP contribution in [0, 0.1) is 11.3 Å². The number of carbonyl (C=O) groups excluding carboxylic acids is 2. The highest BCUT2D eigenvalue weighted by Gasteiger charge is 2.48. The second kappa shape index (κ2) is 11.0. The van der Waals surface area contributed by atoms with E-state index in [0.717, 1.165) is 83.1 Å². The first-order valence-electron chi connectivity index (χ1n) is 13.5. The Kier molecular flexibility index (Phi) is 7.56. The second-order valence-electron chi connectivity index (χ2n) is 10.8. The van der Waals surface area contributed by atoms with Crippen molar-refractivity contribution in [3.63, 3.8) is 0 Å². The van der Waals surface area contributed by atoms with Crippen molar-refractivity contribution in [3.8, 4) is 5.75 Å². The van der Waals surface area contributed by atoms with Crippen LogP contribution in [0.2, 0.25) is 0 Å². The van der Waals surface area contributed by atoms with Crippen LogP contribution in [-0.4, -0.2) is 57.9 Å². The van der Waals surface area contributed by atoms with Gasteiger partial charge in [-0.15, -0.1) is 0 Å². The summed E-state index contributed by atoms with van der Waals surface area (Å²) < 4.78 is 0. The van der Waals surface area contributed by atoms with E-state index in [9.17, 15) is 14.7 Å². The predicted octanol–water partition coefficient (Wildman–Crippen LogP) is 4.04. The van der Waals surface area contributed by atoms with E-state index in [0.29, 0.717) is 12.2 Å². The Morgan fingerprint density at radius 2 is 1.78 bits per heavy atom. The molecular formula is C29H38N4O3. The first-order valence-corrected chi connectivity index (χ1v) is 13.5. The number of likely N-dealkylation sites (tertiary alicyclic amines) is 2. The summed E-state index contributed by atoms with van der Waals surface area (Å²) in [6, 6.07) is 13.6. The van der Waals surface area contributed by atoms with E-state index >= 15 is 0 Å². The SMILES string of the molecule is O=C(N[C@@H](CCN1CCC2(CC1)CCN(Cc1ncccc1O)C2=O)c1ccccc1)C1CCCC1. The summed E-state index contributed by atoms with van der Waals surface area (Å²) in [5, 5.41) is 13.4. The molecule has 3 aliphatic rings. The van der Waals surface area contributed by atoms with Crippen LogP contribution in [0.3, 0.4) is 0 Å². The van der Waals surface area contributed by atoms with Crippen LogP contribution < -0.4 is 5.32 Å². The lowest BCUT2D eigenvalue weighted by atomic mass is 9.77. The molecule has 2 aromatic rings. The van der Waals surface area contributed by atoms with Crippen molar-refractivity contribution in [1.29, 1.82) is 0 Å². The van der Waals surface area contributed by atoms with Gasteiger partial charge >= 0.3 is 0 Å². The number of carbonyl (C=O) groups is 2. The fourth-order valence-electron chi connectivity index (χ4n) is 6.24. The summed E-state index contributed by atoms with van der Waals surface area (Å²) >= 11 is 0. The monoisotopic (exact) mass is 490 g/mol. The minimum atomic E-state index is -0.281. The quantitative estimate of drug-likeness (QED) is 0.583.